The number of fused-ring (bicyclic) bond motifs is 6. The maximum atomic E-state index is 5.41. The second-order valence-electron chi connectivity index (χ2n) is 14.0. The Morgan fingerprint density at radius 3 is 0.982 bits per heavy atom. The van der Waals surface area contributed by atoms with E-state index in [-0.39, 0.29) is 0 Å². The van der Waals surface area contributed by atoms with Crippen molar-refractivity contribution in [2.75, 3.05) is 0 Å². The van der Waals surface area contributed by atoms with Gasteiger partial charge >= 0.3 is 0 Å². The predicted octanol–water partition coefficient (Wildman–Crippen LogP) is 12.7. The minimum absolute atomic E-state index is 0.599. The lowest BCUT2D eigenvalue weighted by Crippen LogP contribution is -2.05. The van der Waals surface area contributed by atoms with Gasteiger partial charge in [0.25, 0.3) is 0 Å². The van der Waals surface area contributed by atoms with Crippen LogP contribution in [0.4, 0.5) is 0 Å². The normalized spacial score (nSPS) is 11.6. The van der Waals surface area contributed by atoms with Crippen molar-refractivity contribution in [1.29, 1.82) is 0 Å². The molecule has 0 atom stereocenters. The zero-order valence-corrected chi connectivity index (χ0v) is 30.3. The number of hydrogen-bond donors (Lipinski definition) is 0. The van der Waals surface area contributed by atoms with Gasteiger partial charge in [-0.3, -0.25) is 0 Å². The molecule has 3 aromatic heterocycles. The number of aromatic nitrogens is 5. The highest BCUT2D eigenvalue weighted by Gasteiger charge is 2.22. The molecule has 0 aliphatic rings. The van der Waals surface area contributed by atoms with Crippen LogP contribution in [0.3, 0.4) is 0 Å². The first-order valence-corrected chi connectivity index (χ1v) is 18.9. The van der Waals surface area contributed by atoms with E-state index >= 15 is 0 Å². The average Bonchev–Trinajstić information content (AvgIpc) is 3.79. The van der Waals surface area contributed by atoms with Gasteiger partial charge in [-0.25, -0.2) is 15.0 Å². The van der Waals surface area contributed by atoms with Crippen molar-refractivity contribution >= 4 is 43.6 Å². The number of hydrogen-bond acceptors (Lipinski definition) is 3. The van der Waals surface area contributed by atoms with E-state index in [0.29, 0.717) is 17.5 Å². The second kappa shape index (κ2) is 13.0. The molecule has 0 saturated carbocycles. The Labute approximate surface area is 323 Å². The first-order valence-electron chi connectivity index (χ1n) is 18.9. The van der Waals surface area contributed by atoms with Crippen LogP contribution >= 0.6 is 0 Å². The van der Waals surface area contributed by atoms with Crippen molar-refractivity contribution in [3.05, 3.63) is 200 Å². The lowest BCUT2D eigenvalue weighted by Gasteiger charge is -2.17. The molecule has 0 unspecified atom stereocenters. The van der Waals surface area contributed by atoms with Crippen molar-refractivity contribution in [3.63, 3.8) is 0 Å². The van der Waals surface area contributed by atoms with Crippen molar-refractivity contribution in [2.45, 2.75) is 0 Å². The van der Waals surface area contributed by atoms with Gasteiger partial charge in [0.2, 0.25) is 0 Å². The quantitative estimate of drug-likeness (QED) is 0.172. The molecular formula is C51H33N5. The Balaban J connectivity index is 1.21. The predicted molar refractivity (Wildman–Crippen MR) is 230 cm³/mol. The average molecular weight is 716 g/mol. The van der Waals surface area contributed by atoms with Crippen LogP contribution in [0.25, 0.3) is 100 Å². The molecule has 0 amide bonds. The van der Waals surface area contributed by atoms with Gasteiger partial charge in [0, 0.05) is 38.2 Å². The van der Waals surface area contributed by atoms with Crippen LogP contribution in [0.1, 0.15) is 0 Å². The van der Waals surface area contributed by atoms with Gasteiger partial charge in [-0.1, -0.05) is 152 Å². The van der Waals surface area contributed by atoms with Gasteiger partial charge in [-0.2, -0.15) is 0 Å². The summed E-state index contributed by atoms with van der Waals surface area (Å²) in [5, 5.41) is 4.80. The van der Waals surface area contributed by atoms with Crippen LogP contribution in [0, 0.1) is 0 Å². The highest BCUT2D eigenvalue weighted by atomic mass is 15.1. The van der Waals surface area contributed by atoms with Crippen molar-refractivity contribution < 1.29 is 0 Å². The molecule has 0 aliphatic carbocycles. The topological polar surface area (TPSA) is 48.5 Å². The van der Waals surface area contributed by atoms with Gasteiger partial charge < -0.3 is 9.13 Å². The first kappa shape index (κ1) is 31.9. The standard InChI is InChI=1S/C51H33N5/c1-2-18-34(19-3-1)35-20-4-5-25-40(35)49-52-50(41-26-10-16-32-47(41)55-43-28-12-6-21-36(43)37-22-7-13-29-44(37)55)54-51(53-49)42-27-11-17-33-48(42)56-45-30-14-8-23-38(45)39-24-9-15-31-46(39)56/h1-33H. The lowest BCUT2D eigenvalue weighted by molar-refractivity contribution is 1.06. The van der Waals surface area contributed by atoms with Crippen LogP contribution < -0.4 is 0 Å². The fraction of sp³-hybridized carbons (Fsp3) is 0. The summed E-state index contributed by atoms with van der Waals surface area (Å²) in [7, 11) is 0. The first-order chi connectivity index (χ1) is 27.8. The van der Waals surface area contributed by atoms with E-state index in [4.69, 9.17) is 15.0 Å². The van der Waals surface area contributed by atoms with Crippen molar-refractivity contribution in [2.24, 2.45) is 0 Å². The summed E-state index contributed by atoms with van der Waals surface area (Å²) >= 11 is 0. The molecule has 0 N–H and O–H groups in total. The molecule has 56 heavy (non-hydrogen) atoms. The van der Waals surface area contributed by atoms with Gasteiger partial charge in [0.1, 0.15) is 0 Å². The molecule has 8 aromatic carbocycles. The summed E-state index contributed by atoms with van der Waals surface area (Å²) in [5.41, 5.74) is 11.4. The van der Waals surface area contributed by atoms with E-state index in [0.717, 1.165) is 61.3 Å². The maximum absolute atomic E-state index is 5.41. The maximum Gasteiger partial charge on any atom is 0.166 e. The summed E-state index contributed by atoms with van der Waals surface area (Å²) < 4.78 is 4.68. The molecule has 3 heterocycles. The summed E-state index contributed by atoms with van der Waals surface area (Å²) in [6.45, 7) is 0. The fourth-order valence-corrected chi connectivity index (χ4v) is 8.36. The Morgan fingerprint density at radius 1 is 0.250 bits per heavy atom. The third kappa shape index (κ3) is 5.06. The molecule has 5 nitrogen and oxygen atoms in total. The fourth-order valence-electron chi connectivity index (χ4n) is 8.36. The largest absolute Gasteiger partial charge is 0.309 e. The van der Waals surface area contributed by atoms with Crippen LogP contribution in [0.2, 0.25) is 0 Å². The summed E-state index contributed by atoms with van der Waals surface area (Å²) in [5.74, 6) is 1.81. The minimum atomic E-state index is 0.599. The monoisotopic (exact) mass is 715 g/mol. The third-order valence-electron chi connectivity index (χ3n) is 10.8. The van der Waals surface area contributed by atoms with Gasteiger partial charge in [0.05, 0.1) is 33.4 Å². The molecule has 262 valence electrons. The van der Waals surface area contributed by atoms with Gasteiger partial charge in [-0.05, 0) is 59.7 Å². The molecule has 0 bridgehead atoms. The smallest absolute Gasteiger partial charge is 0.166 e. The van der Waals surface area contributed by atoms with E-state index in [1.807, 2.05) is 6.07 Å². The van der Waals surface area contributed by atoms with Gasteiger partial charge in [-0.15, -0.1) is 0 Å². The summed E-state index contributed by atoms with van der Waals surface area (Å²) in [4.78, 5) is 16.1. The number of nitrogens with zero attached hydrogens (tertiary/aromatic N) is 5. The molecule has 0 aliphatic heterocycles. The molecule has 11 aromatic rings. The van der Waals surface area contributed by atoms with Crippen molar-refractivity contribution in [1.82, 2.24) is 24.1 Å². The zero-order chi connectivity index (χ0) is 37.0. The van der Waals surface area contributed by atoms with Crippen molar-refractivity contribution in [3.8, 4) is 56.7 Å². The Kier molecular flexibility index (Phi) is 7.42. The lowest BCUT2D eigenvalue weighted by atomic mass is 9.99. The van der Waals surface area contributed by atoms with E-state index < -0.39 is 0 Å². The van der Waals surface area contributed by atoms with Crippen LogP contribution in [-0.4, -0.2) is 24.1 Å². The second-order valence-corrected chi connectivity index (χ2v) is 14.0. The molecule has 0 radical (unpaired) electrons. The molecule has 5 heteroatoms. The third-order valence-corrected chi connectivity index (χ3v) is 10.8. The van der Waals surface area contributed by atoms with E-state index in [1.54, 1.807) is 0 Å². The SMILES string of the molecule is c1ccc(-c2ccccc2-c2nc(-c3ccccc3-n3c4ccccc4c4ccccc43)nc(-c3ccccc3-n3c4ccccc4c4ccccc43)n2)cc1. The van der Waals surface area contributed by atoms with Gasteiger partial charge in [0.15, 0.2) is 17.5 Å². The highest BCUT2D eigenvalue weighted by molar-refractivity contribution is 6.10. The molecule has 0 spiro atoms. The number of benzene rings is 8. The Hall–Kier alpha value is -7.63. The van der Waals surface area contributed by atoms with Crippen LogP contribution in [0.15, 0.2) is 200 Å². The van der Waals surface area contributed by atoms with Crippen LogP contribution in [-0.2, 0) is 0 Å². The zero-order valence-electron chi connectivity index (χ0n) is 30.3. The molecule has 0 fully saturated rings. The van der Waals surface area contributed by atoms with E-state index in [2.05, 4.69) is 203 Å². The summed E-state index contributed by atoms with van der Waals surface area (Å²) in [6.07, 6.45) is 0. The Morgan fingerprint density at radius 2 is 0.554 bits per heavy atom. The highest BCUT2D eigenvalue weighted by Crippen LogP contribution is 2.39. The molecule has 11 rings (SSSR count). The Bertz CT molecular complexity index is 2980. The molecular weight excluding hydrogens is 683 g/mol. The number of rotatable bonds is 6. The van der Waals surface area contributed by atoms with Crippen LogP contribution in [0.5, 0.6) is 0 Å². The summed E-state index contributed by atoms with van der Waals surface area (Å²) in [6, 6.07) is 70.1. The van der Waals surface area contributed by atoms with E-state index in [1.165, 1.54) is 21.5 Å². The minimum Gasteiger partial charge on any atom is -0.309 e. The van der Waals surface area contributed by atoms with E-state index in [9.17, 15) is 0 Å². The number of para-hydroxylation sites is 6. The molecule has 0 saturated heterocycles.